The van der Waals surface area contributed by atoms with E-state index in [1.165, 1.54) is 29.2 Å². The van der Waals surface area contributed by atoms with Crippen LogP contribution < -0.4 is 0 Å². The summed E-state index contributed by atoms with van der Waals surface area (Å²) in [4.78, 5) is 17.4. The quantitative estimate of drug-likeness (QED) is 0.625. The minimum atomic E-state index is -4.76. The van der Waals surface area contributed by atoms with Crippen LogP contribution in [0.15, 0.2) is 28.8 Å². The van der Waals surface area contributed by atoms with E-state index in [9.17, 15) is 31.1 Å². The first-order valence-corrected chi connectivity index (χ1v) is 9.39. The van der Waals surface area contributed by atoms with Crippen molar-refractivity contribution >= 4 is 5.91 Å². The van der Waals surface area contributed by atoms with Gasteiger partial charge in [-0.15, -0.1) is 0 Å². The highest BCUT2D eigenvalue weighted by molar-refractivity contribution is 5.85. The second kappa shape index (κ2) is 6.98. The number of alkyl halides is 6. The fraction of sp³-hybridized carbons (Fsp3) is 0.526. The Morgan fingerprint density at radius 2 is 1.73 bits per heavy atom. The molecule has 1 heterocycles. The van der Waals surface area contributed by atoms with E-state index in [1.807, 2.05) is 0 Å². The molecule has 1 amide bonds. The average Bonchev–Trinajstić information content (AvgIpc) is 3.31. The van der Waals surface area contributed by atoms with Gasteiger partial charge in [-0.25, -0.2) is 0 Å². The van der Waals surface area contributed by atoms with Gasteiger partial charge in [0, 0.05) is 18.2 Å². The smallest absolute Gasteiger partial charge is 0.335 e. The number of benzene rings is 1. The number of carbonyl (C=O) groups is 1. The summed E-state index contributed by atoms with van der Waals surface area (Å²) < 4.78 is 82.6. The highest BCUT2D eigenvalue weighted by Crippen LogP contribution is 2.55. The first-order valence-electron chi connectivity index (χ1n) is 9.39. The molecule has 5 nitrogen and oxygen atoms in total. The van der Waals surface area contributed by atoms with E-state index in [4.69, 9.17) is 0 Å². The summed E-state index contributed by atoms with van der Waals surface area (Å²) in [6.45, 7) is 0.00164. The molecule has 11 heteroatoms. The van der Waals surface area contributed by atoms with Crippen molar-refractivity contribution in [1.82, 2.24) is 15.0 Å². The lowest BCUT2D eigenvalue weighted by Crippen LogP contribution is -2.56. The second-order valence-corrected chi connectivity index (χ2v) is 7.72. The minimum Gasteiger partial charge on any atom is -0.335 e. The molecule has 0 atom stereocenters. The Balaban J connectivity index is 1.51. The van der Waals surface area contributed by atoms with Crippen molar-refractivity contribution in [2.45, 2.75) is 57.0 Å². The van der Waals surface area contributed by atoms with E-state index in [2.05, 4.69) is 14.7 Å². The molecule has 0 saturated heterocycles. The van der Waals surface area contributed by atoms with Crippen LogP contribution in [-0.2, 0) is 17.5 Å². The predicted octanol–water partition coefficient (Wildman–Crippen LogP) is 4.98. The second-order valence-electron chi connectivity index (χ2n) is 7.72. The summed E-state index contributed by atoms with van der Waals surface area (Å²) >= 11 is 0. The lowest BCUT2D eigenvalue weighted by molar-refractivity contribution is -0.249. The zero-order valence-corrected chi connectivity index (χ0v) is 15.6. The van der Waals surface area contributed by atoms with Crippen LogP contribution in [0.3, 0.4) is 0 Å². The van der Waals surface area contributed by atoms with Crippen molar-refractivity contribution < 1.29 is 35.7 Å². The average molecular weight is 433 g/mol. The number of halogens is 6. The van der Waals surface area contributed by atoms with Crippen LogP contribution in [0.25, 0.3) is 11.4 Å². The number of aromatic nitrogens is 2. The fourth-order valence-electron chi connectivity index (χ4n) is 3.59. The van der Waals surface area contributed by atoms with Crippen molar-refractivity contribution in [3.63, 3.8) is 0 Å². The van der Waals surface area contributed by atoms with Crippen LogP contribution in [0.2, 0.25) is 0 Å². The third-order valence-electron chi connectivity index (χ3n) is 5.64. The van der Waals surface area contributed by atoms with Gasteiger partial charge in [0.25, 0.3) is 0 Å². The lowest BCUT2D eigenvalue weighted by Gasteiger charge is -2.44. The monoisotopic (exact) mass is 433 g/mol. The maximum absolute atomic E-state index is 13.6. The number of amides is 1. The molecule has 4 rings (SSSR count). The summed E-state index contributed by atoms with van der Waals surface area (Å²) in [7, 11) is 0. The van der Waals surface area contributed by atoms with E-state index in [0.29, 0.717) is 24.8 Å². The van der Waals surface area contributed by atoms with Crippen molar-refractivity contribution in [2.75, 3.05) is 0 Å². The summed E-state index contributed by atoms with van der Waals surface area (Å²) in [6, 6.07) is 5.73. The molecule has 1 aromatic carbocycles. The van der Waals surface area contributed by atoms with Crippen LogP contribution in [0, 0.1) is 5.41 Å². The maximum Gasteiger partial charge on any atom is 0.471 e. The van der Waals surface area contributed by atoms with Crippen molar-refractivity contribution in [2.24, 2.45) is 5.41 Å². The summed E-state index contributed by atoms with van der Waals surface area (Å²) in [5.41, 5.74) is -1.48. The topological polar surface area (TPSA) is 59.2 Å². The first kappa shape index (κ1) is 20.7. The third-order valence-corrected chi connectivity index (χ3v) is 5.64. The fourth-order valence-corrected chi connectivity index (χ4v) is 3.59. The highest BCUT2D eigenvalue weighted by Gasteiger charge is 2.65. The van der Waals surface area contributed by atoms with Crippen LogP contribution in [-0.4, -0.2) is 33.2 Å². The van der Waals surface area contributed by atoms with Gasteiger partial charge in [-0.2, -0.15) is 31.3 Å². The Kier molecular flexibility index (Phi) is 4.81. The van der Waals surface area contributed by atoms with Gasteiger partial charge in [-0.1, -0.05) is 35.8 Å². The van der Waals surface area contributed by atoms with Gasteiger partial charge in [-0.05, 0) is 31.2 Å². The van der Waals surface area contributed by atoms with Gasteiger partial charge in [-0.3, -0.25) is 4.79 Å². The van der Waals surface area contributed by atoms with Gasteiger partial charge in [0.2, 0.25) is 11.7 Å². The van der Waals surface area contributed by atoms with E-state index in [0.717, 1.165) is 0 Å². The number of hydrogen-bond donors (Lipinski definition) is 0. The molecule has 2 aromatic rings. The molecule has 0 N–H and O–H groups in total. The van der Waals surface area contributed by atoms with Crippen LogP contribution in [0.4, 0.5) is 26.3 Å². The van der Waals surface area contributed by atoms with E-state index >= 15 is 0 Å². The van der Waals surface area contributed by atoms with Crippen molar-refractivity contribution in [1.29, 1.82) is 0 Å². The third kappa shape index (κ3) is 3.65. The molecule has 2 saturated carbocycles. The van der Waals surface area contributed by atoms with E-state index in [-0.39, 0.29) is 36.8 Å². The predicted molar refractivity (Wildman–Crippen MR) is 90.6 cm³/mol. The first-order chi connectivity index (χ1) is 14.0. The van der Waals surface area contributed by atoms with Gasteiger partial charge in [0.05, 0.1) is 0 Å². The molecule has 0 unspecified atom stereocenters. The van der Waals surface area contributed by atoms with Gasteiger partial charge < -0.3 is 9.42 Å². The van der Waals surface area contributed by atoms with E-state index in [1.54, 1.807) is 0 Å². The standard InChI is InChI=1S/C19H17F6N3O2/c20-18(21,22)15-26-14(27-30-15)12-4-2-11(3-5-12)10-28(13-6-7-13)16(29)17(8-1-9-17)19(23,24)25/h2-5,13H,1,6-10H2. The van der Waals surface area contributed by atoms with Crippen molar-refractivity contribution in [3.8, 4) is 11.4 Å². The molecular formula is C19H17F6N3O2. The Morgan fingerprint density at radius 1 is 1.10 bits per heavy atom. The molecule has 0 bridgehead atoms. The largest absolute Gasteiger partial charge is 0.471 e. The Morgan fingerprint density at radius 3 is 2.17 bits per heavy atom. The number of hydrogen-bond acceptors (Lipinski definition) is 4. The zero-order chi connectivity index (χ0) is 21.7. The van der Waals surface area contributed by atoms with Gasteiger partial charge in [0.1, 0.15) is 5.41 Å². The molecule has 2 aliphatic carbocycles. The minimum absolute atomic E-state index is 0.00164. The zero-order valence-electron chi connectivity index (χ0n) is 15.6. The van der Waals surface area contributed by atoms with Gasteiger partial charge >= 0.3 is 18.2 Å². The normalized spacial score (nSPS) is 18.7. The molecule has 0 spiro atoms. The molecule has 2 fully saturated rings. The molecule has 0 radical (unpaired) electrons. The van der Waals surface area contributed by atoms with Crippen molar-refractivity contribution in [3.05, 3.63) is 35.7 Å². The molecule has 30 heavy (non-hydrogen) atoms. The summed E-state index contributed by atoms with van der Waals surface area (Å²) in [6.07, 6.45) is -8.07. The Hall–Kier alpha value is -2.59. The Labute approximate surface area is 167 Å². The highest BCUT2D eigenvalue weighted by atomic mass is 19.4. The molecule has 1 aromatic heterocycles. The van der Waals surface area contributed by atoms with Crippen LogP contribution >= 0.6 is 0 Å². The maximum atomic E-state index is 13.6. The summed E-state index contributed by atoms with van der Waals surface area (Å²) in [5, 5.41) is 3.29. The number of rotatable bonds is 5. The number of carbonyl (C=O) groups excluding carboxylic acids is 1. The molecular weight excluding hydrogens is 416 g/mol. The van der Waals surface area contributed by atoms with Crippen LogP contribution in [0.5, 0.6) is 0 Å². The lowest BCUT2D eigenvalue weighted by atomic mass is 9.67. The number of nitrogens with zero attached hydrogens (tertiary/aromatic N) is 3. The van der Waals surface area contributed by atoms with E-state index < -0.39 is 29.6 Å². The summed E-state index contributed by atoms with van der Waals surface area (Å²) in [5.74, 6) is -2.61. The molecule has 0 aliphatic heterocycles. The van der Waals surface area contributed by atoms with Crippen LogP contribution in [0.1, 0.15) is 43.6 Å². The molecule has 162 valence electrons. The SMILES string of the molecule is O=C(N(Cc1ccc(-c2noc(C(F)(F)F)n2)cc1)C1CC1)C1(C(F)(F)F)CCC1. The van der Waals surface area contributed by atoms with Gasteiger partial charge in [0.15, 0.2) is 0 Å². The Bertz CT molecular complexity index is 927. The molecule has 2 aliphatic rings.